The van der Waals surface area contributed by atoms with E-state index in [1.807, 2.05) is 6.07 Å². The zero-order chi connectivity index (χ0) is 17.5. The van der Waals surface area contributed by atoms with Gasteiger partial charge in [0.25, 0.3) is 0 Å². The molecule has 0 saturated heterocycles. The Hall–Kier alpha value is -2.18. The van der Waals surface area contributed by atoms with Gasteiger partial charge in [0, 0.05) is 28.7 Å². The summed E-state index contributed by atoms with van der Waals surface area (Å²) in [4.78, 5) is 26.9. The van der Waals surface area contributed by atoms with Gasteiger partial charge in [-0.1, -0.05) is 29.8 Å². The van der Waals surface area contributed by atoms with Crippen LogP contribution in [0.2, 0.25) is 5.02 Å². The van der Waals surface area contributed by atoms with Gasteiger partial charge in [0.05, 0.1) is 12.3 Å². The van der Waals surface area contributed by atoms with Crippen molar-refractivity contribution in [3.05, 3.63) is 41.0 Å². The van der Waals surface area contributed by atoms with Gasteiger partial charge >= 0.3 is 12.0 Å². The molecular weight excluding hydrogens is 353 g/mol. The quantitative estimate of drug-likeness (QED) is 0.533. The van der Waals surface area contributed by atoms with Crippen LogP contribution in [0.4, 0.5) is 10.5 Å². The molecule has 0 atom stereocenters. The van der Waals surface area contributed by atoms with Gasteiger partial charge in [-0.05, 0) is 19.1 Å². The molecular formula is C16H17Cl2N3O3. The second kappa shape index (κ2) is 8.61. The summed E-state index contributed by atoms with van der Waals surface area (Å²) in [6.45, 7) is 2.23. The van der Waals surface area contributed by atoms with E-state index in [-0.39, 0.29) is 18.2 Å². The SMILES string of the molecule is CCOC(=O)c1[nH]c(-c2ccccc2Cl)cc1NC(=O)NCCCl. The summed E-state index contributed by atoms with van der Waals surface area (Å²) in [6, 6.07) is 8.34. The molecule has 3 N–H and O–H groups in total. The highest BCUT2D eigenvalue weighted by atomic mass is 35.5. The maximum Gasteiger partial charge on any atom is 0.356 e. The number of halogens is 2. The lowest BCUT2D eigenvalue weighted by Crippen LogP contribution is -2.30. The molecule has 24 heavy (non-hydrogen) atoms. The fraction of sp³-hybridized carbons (Fsp3) is 0.250. The van der Waals surface area contributed by atoms with Crippen molar-refractivity contribution in [1.82, 2.24) is 10.3 Å². The normalized spacial score (nSPS) is 10.3. The summed E-state index contributed by atoms with van der Waals surface area (Å²) in [5, 5.41) is 5.70. The number of nitrogens with one attached hydrogen (secondary N) is 3. The lowest BCUT2D eigenvalue weighted by atomic mass is 10.1. The minimum absolute atomic E-state index is 0.146. The van der Waals surface area contributed by atoms with Crippen LogP contribution in [0.3, 0.4) is 0 Å². The maximum atomic E-state index is 12.1. The molecule has 0 aliphatic heterocycles. The van der Waals surface area contributed by atoms with E-state index >= 15 is 0 Å². The fourth-order valence-corrected chi connectivity index (χ4v) is 2.40. The number of H-pyrrole nitrogens is 1. The molecule has 0 aliphatic rings. The number of alkyl halides is 1. The van der Waals surface area contributed by atoms with Gasteiger partial charge < -0.3 is 20.4 Å². The van der Waals surface area contributed by atoms with Gasteiger partial charge in [0.15, 0.2) is 0 Å². The molecule has 2 amide bonds. The van der Waals surface area contributed by atoms with Crippen molar-refractivity contribution >= 4 is 40.9 Å². The fourth-order valence-electron chi connectivity index (χ4n) is 2.07. The minimum Gasteiger partial charge on any atom is -0.461 e. The lowest BCUT2D eigenvalue weighted by molar-refractivity contribution is 0.0521. The Morgan fingerprint density at radius 3 is 2.71 bits per heavy atom. The highest BCUT2D eigenvalue weighted by molar-refractivity contribution is 6.33. The van der Waals surface area contributed by atoms with E-state index in [0.29, 0.717) is 28.5 Å². The van der Waals surface area contributed by atoms with Gasteiger partial charge in [0.2, 0.25) is 0 Å². The van der Waals surface area contributed by atoms with Crippen LogP contribution in [0.1, 0.15) is 17.4 Å². The topological polar surface area (TPSA) is 83.2 Å². The molecule has 1 aromatic carbocycles. The van der Waals surface area contributed by atoms with E-state index in [0.717, 1.165) is 0 Å². The molecule has 0 saturated carbocycles. The van der Waals surface area contributed by atoms with Crippen molar-refractivity contribution in [2.45, 2.75) is 6.92 Å². The van der Waals surface area contributed by atoms with Crippen LogP contribution in [0, 0.1) is 0 Å². The summed E-state index contributed by atoms with van der Waals surface area (Å²) >= 11 is 11.7. The molecule has 0 radical (unpaired) electrons. The zero-order valence-corrected chi connectivity index (χ0v) is 14.5. The number of urea groups is 1. The van der Waals surface area contributed by atoms with Crippen LogP contribution in [0.15, 0.2) is 30.3 Å². The number of esters is 1. The van der Waals surface area contributed by atoms with E-state index in [1.165, 1.54) is 0 Å². The van der Waals surface area contributed by atoms with Gasteiger partial charge in [0.1, 0.15) is 5.69 Å². The first-order valence-electron chi connectivity index (χ1n) is 7.32. The third kappa shape index (κ3) is 4.43. The second-order valence-electron chi connectivity index (χ2n) is 4.74. The molecule has 0 spiro atoms. The molecule has 2 aromatic rings. The van der Waals surface area contributed by atoms with Crippen molar-refractivity contribution in [3.63, 3.8) is 0 Å². The van der Waals surface area contributed by atoms with E-state index in [1.54, 1.807) is 31.2 Å². The monoisotopic (exact) mass is 369 g/mol. The van der Waals surface area contributed by atoms with E-state index in [9.17, 15) is 9.59 Å². The Kier molecular flexibility index (Phi) is 6.52. The molecule has 1 heterocycles. The summed E-state index contributed by atoms with van der Waals surface area (Å²) in [7, 11) is 0. The second-order valence-corrected chi connectivity index (χ2v) is 5.53. The number of hydrogen-bond donors (Lipinski definition) is 3. The molecule has 1 aromatic heterocycles. The maximum absolute atomic E-state index is 12.1. The van der Waals surface area contributed by atoms with E-state index < -0.39 is 12.0 Å². The zero-order valence-electron chi connectivity index (χ0n) is 13.0. The molecule has 0 unspecified atom stereocenters. The Morgan fingerprint density at radius 1 is 1.29 bits per heavy atom. The number of hydrogen-bond acceptors (Lipinski definition) is 3. The number of aromatic nitrogens is 1. The average Bonchev–Trinajstić information content (AvgIpc) is 2.97. The van der Waals surface area contributed by atoms with E-state index in [4.69, 9.17) is 27.9 Å². The molecule has 128 valence electrons. The molecule has 6 nitrogen and oxygen atoms in total. The Bertz CT molecular complexity index is 731. The van der Waals surface area contributed by atoms with Crippen LogP contribution in [-0.4, -0.2) is 36.0 Å². The number of carbonyl (C=O) groups is 2. The number of amides is 2. The summed E-state index contributed by atoms with van der Waals surface area (Å²) in [5.41, 5.74) is 1.75. The summed E-state index contributed by atoms with van der Waals surface area (Å²) in [6.07, 6.45) is 0. The van der Waals surface area contributed by atoms with Crippen LogP contribution in [0.25, 0.3) is 11.3 Å². The Morgan fingerprint density at radius 2 is 2.04 bits per heavy atom. The van der Waals surface area contributed by atoms with Gasteiger partial charge in [-0.2, -0.15) is 0 Å². The van der Waals surface area contributed by atoms with Crippen molar-refractivity contribution in [3.8, 4) is 11.3 Å². The minimum atomic E-state index is -0.566. The largest absolute Gasteiger partial charge is 0.461 e. The van der Waals surface area contributed by atoms with Crippen molar-refractivity contribution in [2.75, 3.05) is 24.3 Å². The standard InChI is InChI=1S/C16H17Cl2N3O3/c1-2-24-15(22)14-13(21-16(23)19-8-7-17)9-12(20-14)10-5-3-4-6-11(10)18/h3-6,9,20H,2,7-8H2,1H3,(H2,19,21,23). The smallest absolute Gasteiger partial charge is 0.356 e. The number of rotatable bonds is 6. The van der Waals surface area contributed by atoms with Gasteiger partial charge in [-0.15, -0.1) is 11.6 Å². The van der Waals surface area contributed by atoms with Crippen molar-refractivity contribution in [2.24, 2.45) is 0 Å². The molecule has 2 rings (SSSR count). The third-order valence-corrected chi connectivity index (χ3v) is 3.61. The van der Waals surface area contributed by atoms with Crippen LogP contribution in [0.5, 0.6) is 0 Å². The number of ether oxygens (including phenoxy) is 1. The Balaban J connectivity index is 2.35. The lowest BCUT2D eigenvalue weighted by Gasteiger charge is -2.06. The van der Waals surface area contributed by atoms with Gasteiger partial charge in [-0.3, -0.25) is 0 Å². The first kappa shape index (κ1) is 18.2. The molecule has 0 aliphatic carbocycles. The van der Waals surface area contributed by atoms with Gasteiger partial charge in [-0.25, -0.2) is 9.59 Å². The highest BCUT2D eigenvalue weighted by Crippen LogP contribution is 2.31. The number of carbonyl (C=O) groups excluding carboxylic acids is 2. The third-order valence-electron chi connectivity index (χ3n) is 3.09. The van der Waals surface area contributed by atoms with Crippen LogP contribution >= 0.6 is 23.2 Å². The van der Waals surface area contributed by atoms with Crippen molar-refractivity contribution in [1.29, 1.82) is 0 Å². The molecule has 0 bridgehead atoms. The predicted molar refractivity (Wildman–Crippen MR) is 94.9 cm³/mol. The number of anilines is 1. The first-order valence-corrected chi connectivity index (χ1v) is 8.24. The highest BCUT2D eigenvalue weighted by Gasteiger charge is 2.19. The van der Waals surface area contributed by atoms with E-state index in [2.05, 4.69) is 15.6 Å². The Labute approximate surface area is 149 Å². The predicted octanol–water partition coefficient (Wildman–Crippen LogP) is 3.87. The summed E-state index contributed by atoms with van der Waals surface area (Å²) in [5.74, 6) is -0.278. The number of aromatic amines is 1. The molecule has 0 fully saturated rings. The van der Waals surface area contributed by atoms with Crippen LogP contribution < -0.4 is 10.6 Å². The first-order chi connectivity index (χ1) is 11.6. The molecule has 8 heteroatoms. The summed E-state index contributed by atoms with van der Waals surface area (Å²) < 4.78 is 5.01. The average molecular weight is 370 g/mol. The van der Waals surface area contributed by atoms with Crippen molar-refractivity contribution < 1.29 is 14.3 Å². The van der Waals surface area contributed by atoms with Crippen LogP contribution in [-0.2, 0) is 4.74 Å². The number of benzene rings is 1.